The first-order valence-electron chi connectivity index (χ1n) is 10.9. The molecule has 3 aromatic rings. The fraction of sp³-hybridized carbons (Fsp3) is 0.360. The van der Waals surface area contributed by atoms with E-state index in [0.29, 0.717) is 24.4 Å². The third-order valence-electron chi connectivity index (χ3n) is 6.40. The van der Waals surface area contributed by atoms with E-state index in [1.165, 1.54) is 5.56 Å². The molecule has 1 spiro atoms. The molecule has 1 N–H and O–H groups in total. The van der Waals surface area contributed by atoms with Crippen molar-refractivity contribution in [2.75, 3.05) is 25.2 Å². The second kappa shape index (κ2) is 7.98. The number of fused-ring (bicyclic) bond motifs is 2. The number of rotatable bonds is 7. The van der Waals surface area contributed by atoms with Crippen LogP contribution in [0.4, 0.5) is 11.6 Å². The summed E-state index contributed by atoms with van der Waals surface area (Å²) in [6.07, 6.45) is 6.68. The molecule has 1 saturated carbocycles. The third-order valence-corrected chi connectivity index (χ3v) is 6.40. The van der Waals surface area contributed by atoms with Crippen molar-refractivity contribution in [3.8, 4) is 17.0 Å². The molecule has 0 atom stereocenters. The molecule has 0 bridgehead atoms. The molecule has 2 aromatic heterocycles. The summed E-state index contributed by atoms with van der Waals surface area (Å²) in [6.45, 7) is 2.77. The summed E-state index contributed by atoms with van der Waals surface area (Å²) in [5.74, 6) is 1.42. The Bertz CT molecular complexity index is 1170. The highest BCUT2D eigenvalue weighted by molar-refractivity contribution is 5.97. The Balaban J connectivity index is 1.46. The van der Waals surface area contributed by atoms with Crippen molar-refractivity contribution >= 4 is 17.4 Å². The fourth-order valence-electron chi connectivity index (χ4n) is 4.49. The Morgan fingerprint density at radius 2 is 1.97 bits per heavy atom. The van der Waals surface area contributed by atoms with Crippen molar-refractivity contribution < 1.29 is 14.6 Å². The molecule has 0 amide bonds. The number of hydrogen-bond acceptors (Lipinski definition) is 7. The number of aromatic nitrogens is 3. The zero-order chi connectivity index (χ0) is 22.3. The molecular weight excluding hydrogens is 404 g/mol. The largest absolute Gasteiger partial charge is 0.497 e. The zero-order valence-corrected chi connectivity index (χ0v) is 18.3. The maximum atomic E-state index is 12.5. The lowest BCUT2D eigenvalue weighted by molar-refractivity contribution is 0.0971. The van der Waals surface area contributed by atoms with Crippen molar-refractivity contribution in [1.82, 2.24) is 15.0 Å². The zero-order valence-electron chi connectivity index (χ0n) is 18.3. The molecule has 0 saturated heterocycles. The number of ketones is 1. The highest BCUT2D eigenvalue weighted by Crippen LogP contribution is 2.57. The Kier molecular flexibility index (Phi) is 5.13. The summed E-state index contributed by atoms with van der Waals surface area (Å²) in [4.78, 5) is 28.5. The van der Waals surface area contributed by atoms with Gasteiger partial charge in [-0.15, -0.1) is 0 Å². The van der Waals surface area contributed by atoms with Gasteiger partial charge in [-0.25, -0.2) is 9.97 Å². The Morgan fingerprint density at radius 1 is 1.19 bits per heavy atom. The van der Waals surface area contributed by atoms with Gasteiger partial charge in [0, 0.05) is 72.0 Å². The van der Waals surface area contributed by atoms with Crippen LogP contribution in [0.1, 0.15) is 47.3 Å². The van der Waals surface area contributed by atoms with Gasteiger partial charge >= 0.3 is 0 Å². The summed E-state index contributed by atoms with van der Waals surface area (Å²) < 4.78 is 5.36. The van der Waals surface area contributed by atoms with E-state index in [1.807, 2.05) is 31.2 Å². The van der Waals surface area contributed by atoms with Gasteiger partial charge in [0.05, 0.1) is 12.8 Å². The van der Waals surface area contributed by atoms with Crippen molar-refractivity contribution in [2.24, 2.45) is 0 Å². The summed E-state index contributed by atoms with van der Waals surface area (Å²) >= 11 is 0. The molecule has 3 heterocycles. The van der Waals surface area contributed by atoms with E-state index in [-0.39, 0.29) is 17.8 Å². The van der Waals surface area contributed by atoms with Crippen molar-refractivity contribution in [1.29, 1.82) is 0 Å². The van der Waals surface area contributed by atoms with E-state index in [2.05, 4.69) is 25.9 Å². The normalized spacial score (nSPS) is 15.7. The van der Waals surface area contributed by atoms with Crippen molar-refractivity contribution in [3.63, 3.8) is 0 Å². The van der Waals surface area contributed by atoms with Crippen LogP contribution in [-0.2, 0) is 5.41 Å². The van der Waals surface area contributed by atoms with Crippen LogP contribution in [0.2, 0.25) is 0 Å². The van der Waals surface area contributed by atoms with Crippen LogP contribution in [0.25, 0.3) is 11.3 Å². The minimum absolute atomic E-state index is 0.0216. The number of nitrogens with zero attached hydrogens (tertiary/aromatic N) is 4. The van der Waals surface area contributed by atoms with Gasteiger partial charge in [-0.3, -0.25) is 9.78 Å². The van der Waals surface area contributed by atoms with Gasteiger partial charge in [0.2, 0.25) is 5.95 Å². The molecule has 7 nitrogen and oxygen atoms in total. The summed E-state index contributed by atoms with van der Waals surface area (Å²) in [5, 5.41) is 9.05. The molecule has 7 heteroatoms. The first-order chi connectivity index (χ1) is 15.5. The lowest BCUT2D eigenvalue weighted by atomic mass is 9.96. The molecule has 164 valence electrons. The third kappa shape index (κ3) is 3.62. The van der Waals surface area contributed by atoms with E-state index in [0.717, 1.165) is 47.8 Å². The van der Waals surface area contributed by atoms with Gasteiger partial charge in [0.1, 0.15) is 5.75 Å². The van der Waals surface area contributed by atoms with Gasteiger partial charge in [-0.05, 0) is 37.8 Å². The first kappa shape index (κ1) is 20.6. The minimum Gasteiger partial charge on any atom is -0.497 e. The van der Waals surface area contributed by atoms with Gasteiger partial charge in [0.15, 0.2) is 5.78 Å². The molecule has 0 radical (unpaired) electrons. The molecule has 1 fully saturated rings. The number of methoxy groups -OCH3 is 1. The Labute approximate surface area is 187 Å². The SMILES string of the molecule is COc1cc(C)nc(-c2cnc(N3CC4(CC4)c4ccc(C(=O)CCCO)cc43)nc2)c1. The number of Topliss-reactive ketones (excluding diaryl/α,β-unsaturated/α-hetero) is 1. The Hall–Kier alpha value is -3.32. The maximum Gasteiger partial charge on any atom is 0.229 e. The highest BCUT2D eigenvalue weighted by Gasteiger charge is 2.52. The fourth-order valence-corrected chi connectivity index (χ4v) is 4.49. The monoisotopic (exact) mass is 430 g/mol. The summed E-state index contributed by atoms with van der Waals surface area (Å²) in [7, 11) is 1.64. The number of pyridine rings is 1. The molecule has 5 rings (SSSR count). The smallest absolute Gasteiger partial charge is 0.229 e. The minimum atomic E-state index is 0.0216. The molecule has 1 aliphatic carbocycles. The number of aryl methyl sites for hydroxylation is 1. The van der Waals surface area contributed by atoms with Crippen LogP contribution in [0.5, 0.6) is 5.75 Å². The van der Waals surface area contributed by atoms with E-state index >= 15 is 0 Å². The summed E-state index contributed by atoms with van der Waals surface area (Å²) in [5.41, 5.74) is 5.57. The van der Waals surface area contributed by atoms with E-state index in [1.54, 1.807) is 19.5 Å². The standard InChI is InChI=1S/C25H26N4O3/c1-16-10-19(32-2)12-21(28-16)18-13-26-24(27-14-18)29-15-25(7-8-25)20-6-5-17(11-22(20)29)23(31)4-3-9-30/h5-6,10-14,30H,3-4,7-9,15H2,1-2H3. The molecule has 1 aliphatic heterocycles. The highest BCUT2D eigenvalue weighted by atomic mass is 16.5. The van der Waals surface area contributed by atoms with Gasteiger partial charge < -0.3 is 14.7 Å². The lowest BCUT2D eigenvalue weighted by Gasteiger charge is -2.18. The van der Waals surface area contributed by atoms with Crippen molar-refractivity contribution in [2.45, 2.75) is 38.0 Å². The van der Waals surface area contributed by atoms with E-state index < -0.39 is 0 Å². The van der Waals surface area contributed by atoms with Crippen LogP contribution in [-0.4, -0.2) is 46.1 Å². The number of hydrogen-bond donors (Lipinski definition) is 1. The number of aliphatic hydroxyl groups excluding tert-OH is 1. The second-order valence-corrected chi connectivity index (χ2v) is 8.65. The van der Waals surface area contributed by atoms with Crippen molar-refractivity contribution in [3.05, 3.63) is 59.5 Å². The average Bonchev–Trinajstić information content (AvgIpc) is 3.53. The number of ether oxygens (including phenoxy) is 1. The van der Waals surface area contributed by atoms with Crippen LogP contribution >= 0.6 is 0 Å². The van der Waals surface area contributed by atoms with Gasteiger partial charge in [-0.2, -0.15) is 0 Å². The van der Waals surface area contributed by atoms with Gasteiger partial charge in [-0.1, -0.05) is 12.1 Å². The summed E-state index contributed by atoms with van der Waals surface area (Å²) in [6, 6.07) is 9.73. The predicted octanol–water partition coefficient (Wildman–Crippen LogP) is 3.99. The number of carbonyl (C=O) groups is 1. The molecule has 2 aliphatic rings. The topological polar surface area (TPSA) is 88.4 Å². The first-order valence-corrected chi connectivity index (χ1v) is 10.9. The molecule has 1 aromatic carbocycles. The molecule has 0 unspecified atom stereocenters. The van der Waals surface area contributed by atoms with Crippen LogP contribution < -0.4 is 9.64 Å². The number of anilines is 2. The number of aliphatic hydroxyl groups is 1. The van der Waals surface area contributed by atoms with E-state index in [4.69, 9.17) is 9.84 Å². The molecule has 32 heavy (non-hydrogen) atoms. The Morgan fingerprint density at radius 3 is 2.66 bits per heavy atom. The van der Waals surface area contributed by atoms with Crippen LogP contribution in [0.15, 0.2) is 42.7 Å². The maximum absolute atomic E-state index is 12.5. The van der Waals surface area contributed by atoms with E-state index in [9.17, 15) is 4.79 Å². The predicted molar refractivity (Wildman–Crippen MR) is 122 cm³/mol. The second-order valence-electron chi connectivity index (χ2n) is 8.65. The quantitative estimate of drug-likeness (QED) is 0.567. The van der Waals surface area contributed by atoms with Gasteiger partial charge in [0.25, 0.3) is 0 Å². The lowest BCUT2D eigenvalue weighted by Crippen LogP contribution is -2.21. The number of benzene rings is 1. The number of carbonyl (C=O) groups excluding carboxylic acids is 1. The average molecular weight is 431 g/mol. The van der Waals surface area contributed by atoms with Crippen LogP contribution in [0.3, 0.4) is 0 Å². The van der Waals surface area contributed by atoms with Crippen LogP contribution in [0, 0.1) is 6.92 Å². The molecular formula is C25H26N4O3.